The lowest BCUT2D eigenvalue weighted by Gasteiger charge is -2.16. The summed E-state index contributed by atoms with van der Waals surface area (Å²) < 4.78 is 15.9. The Hall–Kier alpha value is -4.77. The molecule has 0 aliphatic carbocycles. The van der Waals surface area contributed by atoms with E-state index in [0.717, 1.165) is 4.90 Å². The molecule has 0 spiro atoms. The molecule has 1 aliphatic rings. The van der Waals surface area contributed by atoms with Gasteiger partial charge in [0, 0.05) is 6.07 Å². The molecule has 3 aromatic carbocycles. The first-order chi connectivity index (χ1) is 16.5. The Kier molecular flexibility index (Phi) is 6.19. The van der Waals surface area contributed by atoms with Crippen molar-refractivity contribution in [2.75, 3.05) is 31.5 Å². The van der Waals surface area contributed by atoms with Crippen LogP contribution in [0.15, 0.2) is 72.4 Å². The molecular weight excluding hydrogens is 434 g/mol. The number of carbonyl (C=O) groups excluding carboxylic acids is 2. The third-order valence-corrected chi connectivity index (χ3v) is 5.39. The van der Waals surface area contributed by atoms with Crippen molar-refractivity contribution in [3.63, 3.8) is 0 Å². The first-order valence-electron chi connectivity index (χ1n) is 10.3. The Morgan fingerprint density at radius 2 is 1.44 bits per heavy atom. The summed E-state index contributed by atoms with van der Waals surface area (Å²) in [7, 11) is 4.60. The molecule has 1 heterocycles. The number of carbonyl (C=O) groups is 2. The second kappa shape index (κ2) is 9.38. The van der Waals surface area contributed by atoms with Crippen molar-refractivity contribution in [2.45, 2.75) is 0 Å². The molecular formula is C26H21N3O5. The number of anilines is 2. The Balaban J connectivity index is 1.82. The smallest absolute Gasteiger partial charge is 0.282 e. The lowest BCUT2D eigenvalue weighted by Crippen LogP contribution is -2.32. The zero-order valence-electron chi connectivity index (χ0n) is 18.8. The number of ether oxygens (including phenoxy) is 3. The van der Waals surface area contributed by atoms with Gasteiger partial charge in [-0.1, -0.05) is 12.1 Å². The summed E-state index contributed by atoms with van der Waals surface area (Å²) >= 11 is 0. The number of nitrogens with zero attached hydrogens (tertiary/aromatic N) is 2. The van der Waals surface area contributed by atoms with E-state index in [1.165, 1.54) is 7.11 Å². The average molecular weight is 455 g/mol. The number of amides is 2. The Labute approximate surface area is 196 Å². The highest BCUT2D eigenvalue weighted by molar-refractivity contribution is 6.46. The highest BCUT2D eigenvalue weighted by Crippen LogP contribution is 2.37. The molecule has 0 saturated carbocycles. The molecule has 0 atom stereocenters. The van der Waals surface area contributed by atoms with Crippen molar-refractivity contribution in [3.05, 3.63) is 83.6 Å². The quantitative estimate of drug-likeness (QED) is 0.538. The van der Waals surface area contributed by atoms with Gasteiger partial charge < -0.3 is 19.5 Å². The maximum atomic E-state index is 13.5. The Bertz CT molecular complexity index is 1320. The lowest BCUT2D eigenvalue weighted by atomic mass is 10.0. The summed E-state index contributed by atoms with van der Waals surface area (Å²) in [4.78, 5) is 28.2. The molecule has 0 fully saturated rings. The fourth-order valence-electron chi connectivity index (χ4n) is 3.63. The monoisotopic (exact) mass is 455 g/mol. The predicted molar refractivity (Wildman–Crippen MR) is 127 cm³/mol. The Morgan fingerprint density at radius 3 is 2.03 bits per heavy atom. The predicted octanol–water partition coefficient (Wildman–Crippen LogP) is 3.98. The third kappa shape index (κ3) is 4.02. The van der Waals surface area contributed by atoms with Crippen LogP contribution >= 0.6 is 0 Å². The second-order valence-electron chi connectivity index (χ2n) is 7.27. The van der Waals surface area contributed by atoms with Crippen LogP contribution in [0.3, 0.4) is 0 Å². The van der Waals surface area contributed by atoms with Gasteiger partial charge in [0.2, 0.25) is 0 Å². The lowest BCUT2D eigenvalue weighted by molar-refractivity contribution is -0.120. The van der Waals surface area contributed by atoms with Crippen LogP contribution in [0.2, 0.25) is 0 Å². The van der Waals surface area contributed by atoms with Gasteiger partial charge in [-0.3, -0.25) is 9.59 Å². The van der Waals surface area contributed by atoms with Crippen LogP contribution in [0.4, 0.5) is 11.4 Å². The molecule has 0 unspecified atom stereocenters. The van der Waals surface area contributed by atoms with E-state index in [1.807, 2.05) is 6.07 Å². The van der Waals surface area contributed by atoms with Gasteiger partial charge in [0.05, 0.1) is 49.9 Å². The van der Waals surface area contributed by atoms with E-state index in [2.05, 4.69) is 5.32 Å². The van der Waals surface area contributed by atoms with Crippen molar-refractivity contribution in [1.29, 1.82) is 5.26 Å². The minimum atomic E-state index is -0.529. The first kappa shape index (κ1) is 22.4. The van der Waals surface area contributed by atoms with Crippen LogP contribution in [0.25, 0.3) is 5.57 Å². The number of methoxy groups -OCH3 is 3. The summed E-state index contributed by atoms with van der Waals surface area (Å²) in [5.41, 5.74) is 2.13. The first-order valence-corrected chi connectivity index (χ1v) is 10.3. The van der Waals surface area contributed by atoms with Crippen LogP contribution in [0.5, 0.6) is 17.2 Å². The minimum absolute atomic E-state index is 0.1000. The molecule has 0 aromatic heterocycles. The molecule has 0 radical (unpaired) electrons. The molecule has 1 aliphatic heterocycles. The van der Waals surface area contributed by atoms with E-state index in [1.54, 1.807) is 80.9 Å². The molecule has 8 nitrogen and oxygen atoms in total. The normalized spacial score (nSPS) is 13.1. The molecule has 170 valence electrons. The third-order valence-electron chi connectivity index (χ3n) is 5.39. The fraction of sp³-hybridized carbons (Fsp3) is 0.115. The van der Waals surface area contributed by atoms with Crippen molar-refractivity contribution in [3.8, 4) is 23.3 Å². The van der Waals surface area contributed by atoms with Crippen molar-refractivity contribution < 1.29 is 23.8 Å². The summed E-state index contributed by atoms with van der Waals surface area (Å²) in [6, 6.07) is 20.2. The summed E-state index contributed by atoms with van der Waals surface area (Å²) in [6.07, 6.45) is 0. The zero-order chi connectivity index (χ0) is 24.2. The van der Waals surface area contributed by atoms with E-state index in [-0.39, 0.29) is 11.3 Å². The van der Waals surface area contributed by atoms with Gasteiger partial charge in [-0.25, -0.2) is 4.90 Å². The number of hydrogen-bond acceptors (Lipinski definition) is 7. The van der Waals surface area contributed by atoms with Gasteiger partial charge in [-0.05, 0) is 54.1 Å². The number of hydrogen-bond donors (Lipinski definition) is 1. The van der Waals surface area contributed by atoms with Crippen LogP contribution < -0.4 is 24.4 Å². The molecule has 0 bridgehead atoms. The van der Waals surface area contributed by atoms with Gasteiger partial charge in [-0.15, -0.1) is 0 Å². The molecule has 8 heteroatoms. The van der Waals surface area contributed by atoms with E-state index in [0.29, 0.717) is 39.8 Å². The topological polar surface area (TPSA) is 101 Å². The highest BCUT2D eigenvalue weighted by Gasteiger charge is 2.40. The summed E-state index contributed by atoms with van der Waals surface area (Å²) in [5.74, 6) is 0.627. The van der Waals surface area contributed by atoms with Crippen LogP contribution in [0, 0.1) is 11.3 Å². The number of nitrogens with one attached hydrogen (secondary N) is 1. The van der Waals surface area contributed by atoms with Crippen LogP contribution in [-0.4, -0.2) is 33.1 Å². The number of benzene rings is 3. The summed E-state index contributed by atoms with van der Waals surface area (Å²) in [6.45, 7) is 0. The van der Waals surface area contributed by atoms with Gasteiger partial charge in [0.15, 0.2) is 0 Å². The van der Waals surface area contributed by atoms with Gasteiger partial charge >= 0.3 is 0 Å². The minimum Gasteiger partial charge on any atom is -0.497 e. The molecule has 34 heavy (non-hydrogen) atoms. The molecule has 2 amide bonds. The number of rotatable bonds is 7. The standard InChI is InChI=1S/C26H21N3O5/c1-32-19-10-6-17(7-11-19)23-24(28-21-13-12-20(33-2)14-22(21)34-3)26(31)29(25(23)30)18-8-4-16(15-27)5-9-18/h4-14,28H,1-3H3. The molecule has 0 saturated heterocycles. The van der Waals surface area contributed by atoms with Gasteiger partial charge in [0.25, 0.3) is 11.8 Å². The fourth-order valence-corrected chi connectivity index (χ4v) is 3.63. The van der Waals surface area contributed by atoms with E-state index in [4.69, 9.17) is 19.5 Å². The molecule has 3 aromatic rings. The summed E-state index contributed by atoms with van der Waals surface area (Å²) in [5, 5.41) is 12.2. The largest absolute Gasteiger partial charge is 0.497 e. The van der Waals surface area contributed by atoms with Crippen molar-refractivity contribution in [1.82, 2.24) is 0 Å². The molecule has 1 N–H and O–H groups in total. The average Bonchev–Trinajstić information content (AvgIpc) is 3.13. The second-order valence-corrected chi connectivity index (χ2v) is 7.27. The van der Waals surface area contributed by atoms with Gasteiger partial charge in [0.1, 0.15) is 22.9 Å². The van der Waals surface area contributed by atoms with Crippen LogP contribution in [0.1, 0.15) is 11.1 Å². The zero-order valence-corrected chi connectivity index (χ0v) is 18.8. The van der Waals surface area contributed by atoms with Crippen molar-refractivity contribution in [2.24, 2.45) is 0 Å². The van der Waals surface area contributed by atoms with E-state index >= 15 is 0 Å². The van der Waals surface area contributed by atoms with E-state index in [9.17, 15) is 9.59 Å². The number of imide groups is 1. The number of nitriles is 1. The molecule has 4 rings (SSSR count). The highest BCUT2D eigenvalue weighted by atomic mass is 16.5. The van der Waals surface area contributed by atoms with E-state index < -0.39 is 11.8 Å². The van der Waals surface area contributed by atoms with Crippen molar-refractivity contribution >= 4 is 28.8 Å². The SMILES string of the molecule is COc1ccc(C2=C(Nc3ccc(OC)cc3OC)C(=O)N(c3ccc(C#N)cc3)C2=O)cc1. The van der Waals surface area contributed by atoms with Crippen LogP contribution in [-0.2, 0) is 9.59 Å². The van der Waals surface area contributed by atoms with Gasteiger partial charge in [-0.2, -0.15) is 5.26 Å². The maximum absolute atomic E-state index is 13.5. The maximum Gasteiger partial charge on any atom is 0.282 e. The Morgan fingerprint density at radius 1 is 0.794 bits per heavy atom.